The normalized spacial score (nSPS) is 14.5. The summed E-state index contributed by atoms with van der Waals surface area (Å²) in [5.74, 6) is 0. The maximum atomic E-state index is 12.5. The molecule has 0 radical (unpaired) electrons. The summed E-state index contributed by atoms with van der Waals surface area (Å²) in [6, 6.07) is 1.81. The van der Waals surface area contributed by atoms with Gasteiger partial charge in [0.1, 0.15) is 0 Å². The van der Waals surface area contributed by atoms with Crippen molar-refractivity contribution in [3.05, 3.63) is 33.8 Å². The number of rotatable bonds is 3. The molecule has 1 rings (SSSR count). The van der Waals surface area contributed by atoms with E-state index in [1.54, 1.807) is 0 Å². The van der Waals surface area contributed by atoms with Gasteiger partial charge in [0.05, 0.1) is 5.56 Å². The van der Waals surface area contributed by atoms with Crippen molar-refractivity contribution >= 4 is 15.9 Å². The molecule has 8 heteroatoms. The van der Waals surface area contributed by atoms with E-state index in [9.17, 15) is 26.3 Å². The average molecular weight is 350 g/mol. The fourth-order valence-corrected chi connectivity index (χ4v) is 1.99. The van der Waals surface area contributed by atoms with E-state index >= 15 is 0 Å². The molecule has 1 aromatic carbocycles. The number of alkyl halides is 6. The molecule has 0 aliphatic carbocycles. The molecule has 0 bridgehead atoms. The van der Waals surface area contributed by atoms with Gasteiger partial charge in [0.25, 0.3) is 0 Å². The van der Waals surface area contributed by atoms with Gasteiger partial charge in [0.15, 0.2) is 0 Å². The van der Waals surface area contributed by atoms with Crippen molar-refractivity contribution in [3.63, 3.8) is 0 Å². The van der Waals surface area contributed by atoms with Crippen LogP contribution in [0.4, 0.5) is 26.3 Å². The lowest BCUT2D eigenvalue weighted by atomic mass is 10.0. The molecule has 108 valence electrons. The molecule has 0 aromatic heterocycles. The molecule has 2 N–H and O–H groups in total. The number of nitrogens with two attached hydrogens (primary N) is 1. The largest absolute Gasteiger partial charge is 0.416 e. The molecule has 1 aromatic rings. The van der Waals surface area contributed by atoms with Gasteiger partial charge < -0.3 is 5.73 Å². The van der Waals surface area contributed by atoms with Gasteiger partial charge in [-0.25, -0.2) is 0 Å². The minimum atomic E-state index is -4.57. The first-order valence-corrected chi connectivity index (χ1v) is 5.98. The highest BCUT2D eigenvalue weighted by Crippen LogP contribution is 2.34. The van der Waals surface area contributed by atoms with Gasteiger partial charge in [-0.05, 0) is 30.2 Å². The standard InChI is InChI=1S/C11H10BrF6N/c12-8-4-6(3-7(5-8)11(16,17)18)9(19)1-2-10(13,14)15/h3-5,9H,1-2,19H2/t9-/m1/s1. The number of halogens is 7. The average Bonchev–Trinajstić information content (AvgIpc) is 2.22. The molecular formula is C11H10BrF6N. The molecule has 0 saturated carbocycles. The smallest absolute Gasteiger partial charge is 0.324 e. The van der Waals surface area contributed by atoms with E-state index in [4.69, 9.17) is 5.73 Å². The first kappa shape index (κ1) is 16.3. The Bertz CT molecular complexity index is 440. The third kappa shape index (κ3) is 5.40. The zero-order chi connectivity index (χ0) is 14.8. The Morgan fingerprint density at radius 2 is 1.63 bits per heavy atom. The van der Waals surface area contributed by atoms with Gasteiger partial charge in [-0.2, -0.15) is 26.3 Å². The number of hydrogen-bond acceptors (Lipinski definition) is 1. The maximum absolute atomic E-state index is 12.5. The Hall–Kier alpha value is -0.760. The Kier molecular flexibility index (Phi) is 4.89. The summed E-state index contributed by atoms with van der Waals surface area (Å²) in [5.41, 5.74) is 4.57. The van der Waals surface area contributed by atoms with Crippen molar-refractivity contribution in [2.75, 3.05) is 0 Å². The monoisotopic (exact) mass is 349 g/mol. The predicted molar refractivity (Wildman–Crippen MR) is 61.4 cm³/mol. The highest BCUT2D eigenvalue weighted by Gasteiger charge is 2.32. The second-order valence-electron chi connectivity index (χ2n) is 4.03. The highest BCUT2D eigenvalue weighted by molar-refractivity contribution is 9.10. The van der Waals surface area contributed by atoms with Crippen molar-refractivity contribution < 1.29 is 26.3 Å². The summed E-state index contributed by atoms with van der Waals surface area (Å²) in [7, 11) is 0. The van der Waals surface area contributed by atoms with Crippen molar-refractivity contribution in [2.24, 2.45) is 5.73 Å². The molecule has 0 aliphatic heterocycles. The van der Waals surface area contributed by atoms with Gasteiger partial charge in [0, 0.05) is 16.9 Å². The van der Waals surface area contributed by atoms with E-state index in [1.165, 1.54) is 6.07 Å². The van der Waals surface area contributed by atoms with Crippen LogP contribution in [0, 0.1) is 0 Å². The van der Waals surface area contributed by atoms with Crippen molar-refractivity contribution in [3.8, 4) is 0 Å². The van der Waals surface area contributed by atoms with Gasteiger partial charge >= 0.3 is 12.4 Å². The molecule has 0 spiro atoms. The molecule has 0 aliphatic rings. The molecule has 1 atom stereocenters. The molecule has 0 unspecified atom stereocenters. The summed E-state index contributed by atoms with van der Waals surface area (Å²) in [5, 5.41) is 0. The van der Waals surface area contributed by atoms with Gasteiger partial charge in [-0.15, -0.1) is 0 Å². The first-order chi connectivity index (χ1) is 8.49. The summed E-state index contributed by atoms with van der Waals surface area (Å²) < 4.78 is 73.9. The molecule has 0 saturated heterocycles. The van der Waals surface area contributed by atoms with Gasteiger partial charge in [-0.1, -0.05) is 15.9 Å². The van der Waals surface area contributed by atoms with Crippen LogP contribution in [0.3, 0.4) is 0 Å². The molecular weight excluding hydrogens is 340 g/mol. The second kappa shape index (κ2) is 5.70. The van der Waals surface area contributed by atoms with Gasteiger partial charge in [-0.3, -0.25) is 0 Å². The van der Waals surface area contributed by atoms with Crippen LogP contribution in [0.25, 0.3) is 0 Å². The van der Waals surface area contributed by atoms with Crippen LogP contribution in [-0.4, -0.2) is 6.18 Å². The number of benzene rings is 1. The zero-order valence-corrected chi connectivity index (χ0v) is 11.0. The summed E-state index contributed by atoms with van der Waals surface area (Å²) in [6.45, 7) is 0. The van der Waals surface area contributed by atoms with E-state index < -0.39 is 36.8 Å². The van der Waals surface area contributed by atoms with Crippen LogP contribution >= 0.6 is 15.9 Å². The Morgan fingerprint density at radius 3 is 2.11 bits per heavy atom. The lowest BCUT2D eigenvalue weighted by Gasteiger charge is -2.16. The Labute approximate surface area is 113 Å². The fraction of sp³-hybridized carbons (Fsp3) is 0.455. The lowest BCUT2D eigenvalue weighted by Crippen LogP contribution is -2.16. The molecule has 0 fully saturated rings. The van der Waals surface area contributed by atoms with Crippen molar-refractivity contribution in [2.45, 2.75) is 31.2 Å². The van der Waals surface area contributed by atoms with Crippen LogP contribution in [0.1, 0.15) is 30.0 Å². The lowest BCUT2D eigenvalue weighted by molar-refractivity contribution is -0.138. The molecule has 0 heterocycles. The van der Waals surface area contributed by atoms with Gasteiger partial charge in [0.2, 0.25) is 0 Å². The van der Waals surface area contributed by atoms with E-state index in [-0.39, 0.29) is 10.0 Å². The Balaban J connectivity index is 2.91. The van der Waals surface area contributed by atoms with Crippen LogP contribution < -0.4 is 5.73 Å². The summed E-state index contributed by atoms with van der Waals surface area (Å²) in [6.07, 6.45) is -10.5. The topological polar surface area (TPSA) is 26.0 Å². The quantitative estimate of drug-likeness (QED) is 0.778. The second-order valence-corrected chi connectivity index (χ2v) is 4.95. The molecule has 19 heavy (non-hydrogen) atoms. The summed E-state index contributed by atoms with van der Waals surface area (Å²) >= 11 is 2.89. The summed E-state index contributed by atoms with van der Waals surface area (Å²) in [4.78, 5) is 0. The van der Waals surface area contributed by atoms with E-state index in [0.717, 1.165) is 12.1 Å². The fourth-order valence-electron chi connectivity index (χ4n) is 1.48. The predicted octanol–water partition coefficient (Wildman–Crippen LogP) is 4.81. The molecule has 0 amide bonds. The van der Waals surface area contributed by atoms with Crippen LogP contribution in [0.5, 0.6) is 0 Å². The third-order valence-corrected chi connectivity index (χ3v) is 2.87. The van der Waals surface area contributed by atoms with E-state index in [2.05, 4.69) is 15.9 Å². The van der Waals surface area contributed by atoms with Crippen molar-refractivity contribution in [1.82, 2.24) is 0 Å². The minimum Gasteiger partial charge on any atom is -0.324 e. The van der Waals surface area contributed by atoms with Crippen LogP contribution in [-0.2, 0) is 6.18 Å². The minimum absolute atomic E-state index is 0.0194. The zero-order valence-electron chi connectivity index (χ0n) is 9.45. The highest BCUT2D eigenvalue weighted by atomic mass is 79.9. The Morgan fingerprint density at radius 1 is 1.05 bits per heavy atom. The van der Waals surface area contributed by atoms with Crippen LogP contribution in [0.15, 0.2) is 22.7 Å². The first-order valence-electron chi connectivity index (χ1n) is 5.19. The molecule has 1 nitrogen and oxygen atoms in total. The SMILES string of the molecule is N[C@H](CCC(F)(F)F)c1cc(Br)cc(C(F)(F)F)c1. The van der Waals surface area contributed by atoms with E-state index in [1.807, 2.05) is 0 Å². The van der Waals surface area contributed by atoms with Crippen molar-refractivity contribution in [1.29, 1.82) is 0 Å². The van der Waals surface area contributed by atoms with Crippen LogP contribution in [0.2, 0.25) is 0 Å². The number of hydrogen-bond donors (Lipinski definition) is 1. The van der Waals surface area contributed by atoms with E-state index in [0.29, 0.717) is 0 Å². The maximum Gasteiger partial charge on any atom is 0.416 e. The third-order valence-electron chi connectivity index (χ3n) is 2.41.